The Balaban J connectivity index is 1.95. The highest BCUT2D eigenvalue weighted by Crippen LogP contribution is 2.48. The van der Waals surface area contributed by atoms with Gasteiger partial charge in [0, 0.05) is 25.8 Å². The Hall–Kier alpha value is -2.75. The molecule has 0 radical (unpaired) electrons. The second-order valence-corrected chi connectivity index (χ2v) is 13.9. The molecule has 0 aromatic heterocycles. The first-order valence-corrected chi connectivity index (χ1v) is 18.1. The smallest absolute Gasteiger partial charge is 0.404 e. The van der Waals surface area contributed by atoms with Gasteiger partial charge in [0.1, 0.15) is 29.3 Å². The van der Waals surface area contributed by atoms with Crippen molar-refractivity contribution in [3.05, 3.63) is 29.8 Å². The SMILES string of the molecule is CCCCCC(=O)N1C(Cc2ccc(OP(=O)(O)O)cc2)C(=O)N(C(C(=O)NCCCCCC(C)=O)C(C)CC)C12CCCC2. The quantitative estimate of drug-likeness (QED) is 0.144. The van der Waals surface area contributed by atoms with Gasteiger partial charge in [-0.05, 0) is 75.5 Å². The third-order valence-corrected chi connectivity index (χ3v) is 9.66. The highest BCUT2D eigenvalue weighted by atomic mass is 31.2. The Labute approximate surface area is 267 Å². The van der Waals surface area contributed by atoms with Crippen molar-refractivity contribution in [3.63, 3.8) is 0 Å². The highest BCUT2D eigenvalue weighted by molar-refractivity contribution is 7.46. The summed E-state index contributed by atoms with van der Waals surface area (Å²) in [4.78, 5) is 75.7. The van der Waals surface area contributed by atoms with E-state index >= 15 is 0 Å². The van der Waals surface area contributed by atoms with Gasteiger partial charge in [0.05, 0.1) is 0 Å². The molecular weight excluding hydrogens is 597 g/mol. The molecule has 12 heteroatoms. The summed E-state index contributed by atoms with van der Waals surface area (Å²) in [6, 6.07) is 4.62. The summed E-state index contributed by atoms with van der Waals surface area (Å²) in [5.41, 5.74) is -0.176. The Bertz CT molecular complexity index is 1210. The number of hydrogen-bond acceptors (Lipinski definition) is 6. The maximum Gasteiger partial charge on any atom is 0.524 e. The molecule has 3 rings (SSSR count). The summed E-state index contributed by atoms with van der Waals surface area (Å²) in [7, 11) is -4.72. The molecule has 45 heavy (non-hydrogen) atoms. The van der Waals surface area contributed by atoms with Crippen molar-refractivity contribution in [2.45, 2.75) is 135 Å². The van der Waals surface area contributed by atoms with Gasteiger partial charge in [-0.15, -0.1) is 0 Å². The average Bonchev–Trinajstić information content (AvgIpc) is 3.54. The molecule has 3 atom stereocenters. The zero-order chi connectivity index (χ0) is 33.2. The summed E-state index contributed by atoms with van der Waals surface area (Å²) in [5.74, 6) is -0.530. The zero-order valence-corrected chi connectivity index (χ0v) is 28.2. The summed E-state index contributed by atoms with van der Waals surface area (Å²) >= 11 is 0. The fourth-order valence-electron chi connectivity index (χ4n) is 6.82. The number of ketones is 1. The van der Waals surface area contributed by atoms with Crippen molar-refractivity contribution in [1.29, 1.82) is 0 Å². The number of amides is 3. The van der Waals surface area contributed by atoms with Gasteiger partial charge in [-0.1, -0.05) is 58.6 Å². The Morgan fingerprint density at radius 3 is 2.24 bits per heavy atom. The van der Waals surface area contributed by atoms with E-state index in [1.165, 1.54) is 12.1 Å². The number of nitrogens with zero attached hydrogens (tertiary/aromatic N) is 2. The van der Waals surface area contributed by atoms with Crippen LogP contribution < -0.4 is 9.84 Å². The number of phosphoric ester groups is 1. The summed E-state index contributed by atoms with van der Waals surface area (Å²) in [5, 5.41) is 3.07. The van der Waals surface area contributed by atoms with Crippen molar-refractivity contribution >= 4 is 31.3 Å². The normalized spacial score (nSPS) is 19.2. The number of hydrogen-bond donors (Lipinski definition) is 3. The van der Waals surface area contributed by atoms with Crippen molar-refractivity contribution in [3.8, 4) is 5.75 Å². The molecule has 2 fully saturated rings. The molecule has 1 saturated heterocycles. The van der Waals surface area contributed by atoms with E-state index in [1.54, 1.807) is 28.9 Å². The lowest BCUT2D eigenvalue weighted by Crippen LogP contribution is -2.62. The van der Waals surface area contributed by atoms with Gasteiger partial charge < -0.3 is 24.4 Å². The predicted octanol–water partition coefficient (Wildman–Crippen LogP) is 5.27. The second-order valence-electron chi connectivity index (χ2n) is 12.7. The predicted molar refractivity (Wildman–Crippen MR) is 171 cm³/mol. The van der Waals surface area contributed by atoms with Gasteiger partial charge in [0.2, 0.25) is 17.7 Å². The van der Waals surface area contributed by atoms with Crippen LogP contribution in [0.4, 0.5) is 0 Å². The standard InChI is InChI=1S/C33H52N3O8P/c1-5-7-9-15-29(38)35-28(23-26-16-18-27(19-17-26)44-45(41,42)43)32(40)36(33(35)20-11-12-21-33)30(24(3)6-2)31(39)34-22-13-8-10-14-25(4)37/h16-19,24,28,30H,5-15,20-23H2,1-4H3,(H,34,39)(H2,41,42,43). The number of benzene rings is 1. The molecule has 1 aliphatic heterocycles. The molecular formula is C33H52N3O8P. The number of phosphoric acid groups is 1. The third kappa shape index (κ3) is 9.63. The van der Waals surface area contributed by atoms with Gasteiger partial charge in [-0.2, -0.15) is 0 Å². The van der Waals surface area contributed by atoms with Crippen molar-refractivity contribution in [2.75, 3.05) is 6.54 Å². The zero-order valence-electron chi connectivity index (χ0n) is 27.3. The van der Waals surface area contributed by atoms with E-state index < -0.39 is 25.6 Å². The Morgan fingerprint density at radius 2 is 1.67 bits per heavy atom. The Kier molecular flexibility index (Phi) is 13.6. The topological polar surface area (TPSA) is 154 Å². The van der Waals surface area contributed by atoms with Crippen LogP contribution >= 0.6 is 7.82 Å². The van der Waals surface area contributed by atoms with Crippen LogP contribution in [-0.2, 0) is 30.2 Å². The number of unbranched alkanes of at least 4 members (excludes halogenated alkanes) is 4. The van der Waals surface area contributed by atoms with Crippen LogP contribution in [0.3, 0.4) is 0 Å². The van der Waals surface area contributed by atoms with Crippen molar-refractivity contribution in [2.24, 2.45) is 5.92 Å². The van der Waals surface area contributed by atoms with Crippen LogP contribution in [0.15, 0.2) is 24.3 Å². The summed E-state index contributed by atoms with van der Waals surface area (Å²) in [6.07, 6.45) is 9.53. The van der Waals surface area contributed by atoms with E-state index in [0.29, 0.717) is 44.2 Å². The Morgan fingerprint density at radius 1 is 1.02 bits per heavy atom. The van der Waals surface area contributed by atoms with Crippen LogP contribution in [0.1, 0.15) is 117 Å². The molecule has 3 N–H and O–H groups in total. The highest BCUT2D eigenvalue weighted by Gasteiger charge is 2.62. The summed E-state index contributed by atoms with van der Waals surface area (Å²) < 4.78 is 16.0. The molecule has 1 aliphatic carbocycles. The molecule has 1 spiro atoms. The number of carbonyl (C=O) groups excluding carboxylic acids is 4. The first-order valence-electron chi connectivity index (χ1n) is 16.6. The second kappa shape index (κ2) is 16.7. The minimum atomic E-state index is -4.72. The van der Waals surface area contributed by atoms with Gasteiger partial charge in [-0.3, -0.25) is 24.2 Å². The lowest BCUT2D eigenvalue weighted by molar-refractivity contribution is -0.151. The maximum absolute atomic E-state index is 14.6. The number of Topliss-reactive ketones (excluding diaryl/α,β-unsaturated/α-hetero) is 1. The van der Waals surface area contributed by atoms with Crippen molar-refractivity contribution in [1.82, 2.24) is 15.1 Å². The van der Waals surface area contributed by atoms with Crippen LogP contribution in [0, 0.1) is 5.92 Å². The van der Waals surface area contributed by atoms with Gasteiger partial charge in [0.25, 0.3) is 0 Å². The van der Waals surface area contributed by atoms with E-state index in [9.17, 15) is 23.7 Å². The van der Waals surface area contributed by atoms with Gasteiger partial charge >= 0.3 is 7.82 Å². The number of rotatable bonds is 18. The third-order valence-electron chi connectivity index (χ3n) is 9.21. The van der Waals surface area contributed by atoms with Crippen LogP contribution in [-0.4, -0.2) is 67.4 Å². The minimum Gasteiger partial charge on any atom is -0.404 e. The van der Waals surface area contributed by atoms with Crippen LogP contribution in [0.5, 0.6) is 5.75 Å². The number of nitrogens with one attached hydrogen (secondary N) is 1. The monoisotopic (exact) mass is 649 g/mol. The van der Waals surface area contributed by atoms with E-state index in [2.05, 4.69) is 16.8 Å². The molecule has 2 aliphatic rings. The number of carbonyl (C=O) groups is 4. The molecule has 3 unspecified atom stereocenters. The van der Waals surface area contributed by atoms with Crippen LogP contribution in [0.25, 0.3) is 0 Å². The minimum absolute atomic E-state index is 0.000943. The summed E-state index contributed by atoms with van der Waals surface area (Å²) in [6.45, 7) is 8.08. The molecule has 1 aromatic rings. The average molecular weight is 650 g/mol. The van der Waals surface area contributed by atoms with Crippen molar-refractivity contribution < 1.29 is 38.1 Å². The molecule has 1 aromatic carbocycles. The van der Waals surface area contributed by atoms with E-state index in [0.717, 1.165) is 51.4 Å². The molecule has 1 saturated carbocycles. The first kappa shape index (κ1) is 36.7. The van der Waals surface area contributed by atoms with E-state index in [4.69, 9.17) is 9.79 Å². The first-order chi connectivity index (χ1) is 21.3. The molecule has 0 bridgehead atoms. The molecule has 11 nitrogen and oxygen atoms in total. The lowest BCUT2D eigenvalue weighted by Gasteiger charge is -2.46. The largest absolute Gasteiger partial charge is 0.524 e. The fourth-order valence-corrected chi connectivity index (χ4v) is 7.22. The molecule has 1 heterocycles. The maximum atomic E-state index is 14.6. The van der Waals surface area contributed by atoms with Crippen LogP contribution in [0.2, 0.25) is 0 Å². The van der Waals surface area contributed by atoms with Gasteiger partial charge in [-0.25, -0.2) is 4.57 Å². The van der Waals surface area contributed by atoms with Gasteiger partial charge in [0.15, 0.2) is 0 Å². The molecule has 3 amide bonds. The fraction of sp³-hybridized carbons (Fsp3) is 0.697. The van der Waals surface area contributed by atoms with E-state index in [-0.39, 0.29) is 41.6 Å². The molecule has 252 valence electrons. The van der Waals surface area contributed by atoms with E-state index in [1.807, 2.05) is 13.8 Å². The lowest BCUT2D eigenvalue weighted by atomic mass is 9.92.